The van der Waals surface area contributed by atoms with Crippen molar-refractivity contribution in [3.63, 3.8) is 0 Å². The lowest BCUT2D eigenvalue weighted by Gasteiger charge is -2.11. The first-order chi connectivity index (χ1) is 12.7. The molecule has 4 heteroatoms. The minimum Gasteiger partial charge on any atom is -0.133 e. The number of benzene rings is 3. The van der Waals surface area contributed by atoms with Gasteiger partial charge in [-0.2, -0.15) is 0 Å². The van der Waals surface area contributed by atoms with Crippen LogP contribution in [0.3, 0.4) is 0 Å². The van der Waals surface area contributed by atoms with Crippen molar-refractivity contribution in [1.29, 1.82) is 0 Å². The van der Waals surface area contributed by atoms with E-state index in [1.54, 1.807) is 0 Å². The predicted molar refractivity (Wildman–Crippen MR) is 131 cm³/mol. The molecule has 0 bridgehead atoms. The third kappa shape index (κ3) is 4.44. The van der Waals surface area contributed by atoms with Crippen molar-refractivity contribution in [3.8, 4) is 22.3 Å². The minimum absolute atomic E-state index is 0.996. The molecule has 3 aromatic carbocycles. The van der Waals surface area contributed by atoms with Crippen LogP contribution >= 0.6 is 37.0 Å². The Kier molecular flexibility index (Phi) is 7.38. The summed E-state index contributed by atoms with van der Waals surface area (Å²) in [5.74, 6) is 0. The lowest BCUT2D eigenvalue weighted by Crippen LogP contribution is -1.90. The number of hydrogen-bond acceptors (Lipinski definition) is 0. The van der Waals surface area contributed by atoms with E-state index in [1.165, 1.54) is 44.5 Å². The molecule has 0 saturated heterocycles. The van der Waals surface area contributed by atoms with Gasteiger partial charge in [0.1, 0.15) is 0 Å². The van der Waals surface area contributed by atoms with Crippen LogP contribution in [0.15, 0.2) is 60.7 Å². The van der Waals surface area contributed by atoms with E-state index in [-0.39, 0.29) is 0 Å². The van der Waals surface area contributed by atoms with Gasteiger partial charge in [0.15, 0.2) is 0 Å². The van der Waals surface area contributed by atoms with Gasteiger partial charge in [0.2, 0.25) is 0 Å². The SMILES string of the molecule is PCc1ccc(-c2ccc(-c3ccc(CP)c(CP)c3)cc2)cc1CP. The fraction of sp³-hybridized carbons (Fsp3) is 0.182. The molecule has 0 aliphatic carbocycles. The molecule has 0 fully saturated rings. The van der Waals surface area contributed by atoms with Gasteiger partial charge in [-0.25, -0.2) is 0 Å². The van der Waals surface area contributed by atoms with E-state index in [4.69, 9.17) is 0 Å². The molecule has 4 unspecified atom stereocenters. The van der Waals surface area contributed by atoms with Crippen LogP contribution in [-0.4, -0.2) is 0 Å². The fourth-order valence-corrected chi connectivity index (χ4v) is 4.80. The van der Waals surface area contributed by atoms with Crippen LogP contribution in [0.4, 0.5) is 0 Å². The highest BCUT2D eigenvalue weighted by molar-refractivity contribution is 7.16. The molecular weight excluding hydrogens is 388 g/mol. The van der Waals surface area contributed by atoms with Gasteiger partial charge in [-0.1, -0.05) is 60.7 Å². The Labute approximate surface area is 166 Å². The van der Waals surface area contributed by atoms with E-state index in [0.29, 0.717) is 0 Å². The zero-order valence-electron chi connectivity index (χ0n) is 14.9. The molecule has 26 heavy (non-hydrogen) atoms. The molecular formula is C22H26P4. The molecule has 3 rings (SSSR count). The highest BCUT2D eigenvalue weighted by atomic mass is 31.0. The van der Waals surface area contributed by atoms with Gasteiger partial charge in [0.25, 0.3) is 0 Å². The molecule has 4 atom stereocenters. The van der Waals surface area contributed by atoms with Crippen molar-refractivity contribution in [3.05, 3.63) is 82.9 Å². The zero-order chi connectivity index (χ0) is 18.5. The highest BCUT2D eigenvalue weighted by Gasteiger charge is 2.06. The third-order valence-electron chi connectivity index (χ3n) is 4.84. The Morgan fingerprint density at radius 3 is 1.00 bits per heavy atom. The topological polar surface area (TPSA) is 0 Å². The molecule has 0 saturated carbocycles. The van der Waals surface area contributed by atoms with E-state index < -0.39 is 0 Å². The molecule has 0 aliphatic rings. The van der Waals surface area contributed by atoms with E-state index >= 15 is 0 Å². The second kappa shape index (κ2) is 9.54. The summed E-state index contributed by atoms with van der Waals surface area (Å²) in [6.45, 7) is 0. The summed E-state index contributed by atoms with van der Waals surface area (Å²) in [6, 6.07) is 22.6. The van der Waals surface area contributed by atoms with Crippen molar-refractivity contribution in [2.75, 3.05) is 0 Å². The van der Waals surface area contributed by atoms with E-state index in [9.17, 15) is 0 Å². The van der Waals surface area contributed by atoms with Crippen LogP contribution in [0.2, 0.25) is 0 Å². The van der Waals surface area contributed by atoms with Gasteiger partial charge in [-0.3, -0.25) is 0 Å². The normalized spacial score (nSPS) is 10.9. The fourth-order valence-electron chi connectivity index (χ4n) is 3.24. The Morgan fingerprint density at radius 1 is 0.385 bits per heavy atom. The predicted octanol–water partition coefficient (Wildman–Crippen LogP) is 6.52. The Hall–Kier alpha value is -0.620. The van der Waals surface area contributed by atoms with Crippen LogP contribution in [0.25, 0.3) is 22.3 Å². The maximum Gasteiger partial charge on any atom is -0.0125 e. The first kappa shape index (κ1) is 20.1. The quantitative estimate of drug-likeness (QED) is 0.403. The highest BCUT2D eigenvalue weighted by Crippen LogP contribution is 2.29. The molecule has 0 aromatic heterocycles. The standard InChI is InChI=1S/C22H26P4/c23-11-19-7-5-17(9-21(19)13-25)15-1-2-16(4-3-15)18-6-8-20(12-24)22(10-18)14-26/h1-10H,11-14,23-26H2. The number of rotatable bonds is 6. The molecule has 0 N–H and O–H groups in total. The van der Waals surface area contributed by atoms with Crippen molar-refractivity contribution in [2.45, 2.75) is 24.6 Å². The third-order valence-corrected chi connectivity index (χ3v) is 6.60. The Bertz CT molecular complexity index is 811. The lowest BCUT2D eigenvalue weighted by molar-refractivity contribution is 1.28. The summed E-state index contributed by atoms with van der Waals surface area (Å²) in [6.07, 6.45) is 4.01. The molecule has 0 radical (unpaired) electrons. The maximum atomic E-state index is 2.84. The van der Waals surface area contributed by atoms with Gasteiger partial charge >= 0.3 is 0 Å². The minimum atomic E-state index is 0.996. The first-order valence-corrected chi connectivity index (χ1v) is 12.1. The van der Waals surface area contributed by atoms with Crippen molar-refractivity contribution < 1.29 is 0 Å². The largest absolute Gasteiger partial charge is 0.133 e. The molecule has 0 heterocycles. The second-order valence-electron chi connectivity index (χ2n) is 6.36. The summed E-state index contributed by atoms with van der Waals surface area (Å²) < 4.78 is 0. The summed E-state index contributed by atoms with van der Waals surface area (Å²) in [5, 5.41) is 0. The van der Waals surface area contributed by atoms with E-state index in [1.807, 2.05) is 0 Å². The summed E-state index contributed by atoms with van der Waals surface area (Å²) in [7, 11) is 11.3. The second-order valence-corrected chi connectivity index (χ2v) is 7.99. The van der Waals surface area contributed by atoms with Crippen LogP contribution < -0.4 is 0 Å². The monoisotopic (exact) mass is 414 g/mol. The number of hydrogen-bond donors (Lipinski definition) is 0. The molecule has 0 amide bonds. The smallest absolute Gasteiger partial charge is 0.0125 e. The van der Waals surface area contributed by atoms with Crippen molar-refractivity contribution >= 4 is 37.0 Å². The summed E-state index contributed by atoms with van der Waals surface area (Å²) in [5.41, 5.74) is 10.8. The molecule has 0 spiro atoms. The lowest BCUT2D eigenvalue weighted by atomic mass is 9.96. The average molecular weight is 414 g/mol. The van der Waals surface area contributed by atoms with Crippen molar-refractivity contribution in [1.82, 2.24) is 0 Å². The van der Waals surface area contributed by atoms with E-state index in [0.717, 1.165) is 24.6 Å². The Balaban J connectivity index is 1.92. The summed E-state index contributed by atoms with van der Waals surface area (Å²) in [4.78, 5) is 0. The van der Waals surface area contributed by atoms with Gasteiger partial charge in [0, 0.05) is 0 Å². The molecule has 3 aromatic rings. The average Bonchev–Trinajstić information content (AvgIpc) is 2.72. The van der Waals surface area contributed by atoms with Gasteiger partial charge < -0.3 is 0 Å². The molecule has 134 valence electrons. The molecule has 0 aliphatic heterocycles. The van der Waals surface area contributed by atoms with Crippen LogP contribution in [0.5, 0.6) is 0 Å². The zero-order valence-corrected chi connectivity index (χ0v) is 19.5. The van der Waals surface area contributed by atoms with Crippen molar-refractivity contribution in [2.24, 2.45) is 0 Å². The summed E-state index contributed by atoms with van der Waals surface area (Å²) >= 11 is 0. The van der Waals surface area contributed by atoms with E-state index in [2.05, 4.69) is 97.6 Å². The first-order valence-electron chi connectivity index (χ1n) is 8.84. The van der Waals surface area contributed by atoms with Gasteiger partial charge in [-0.15, -0.1) is 37.0 Å². The van der Waals surface area contributed by atoms with Crippen LogP contribution in [0, 0.1) is 0 Å². The maximum absolute atomic E-state index is 2.84. The van der Waals surface area contributed by atoms with Crippen LogP contribution in [-0.2, 0) is 24.6 Å². The van der Waals surface area contributed by atoms with Gasteiger partial charge in [-0.05, 0) is 69.2 Å². The van der Waals surface area contributed by atoms with Gasteiger partial charge in [0.05, 0.1) is 0 Å². The van der Waals surface area contributed by atoms with Crippen LogP contribution in [0.1, 0.15) is 22.3 Å². The molecule has 0 nitrogen and oxygen atoms in total. The Morgan fingerprint density at radius 2 is 0.692 bits per heavy atom.